The highest BCUT2D eigenvalue weighted by Gasteiger charge is 2.16. The maximum Gasteiger partial charge on any atom is 0.239 e. The molecule has 0 aromatic heterocycles. The number of anilines is 1. The molecule has 1 atom stereocenters. The molecule has 0 bridgehead atoms. The summed E-state index contributed by atoms with van der Waals surface area (Å²) in [5.41, 5.74) is 3.55. The normalized spacial score (nSPS) is 15.1. The quantitative estimate of drug-likeness (QED) is 0.708. The van der Waals surface area contributed by atoms with Gasteiger partial charge in [-0.05, 0) is 36.1 Å². The third kappa shape index (κ3) is 5.57. The topological polar surface area (TPSA) is 68.2 Å². The van der Waals surface area contributed by atoms with Gasteiger partial charge < -0.3 is 15.5 Å². The lowest BCUT2D eigenvalue weighted by Crippen LogP contribution is -2.47. The molecule has 0 spiro atoms. The van der Waals surface area contributed by atoms with E-state index in [1.165, 1.54) is 11.1 Å². The van der Waals surface area contributed by atoms with Crippen molar-refractivity contribution in [3.8, 4) is 6.07 Å². The molecular formula is C22H26N4O. The van der Waals surface area contributed by atoms with Crippen LogP contribution in [0.1, 0.15) is 36.4 Å². The molecule has 0 radical (unpaired) electrons. The van der Waals surface area contributed by atoms with Crippen molar-refractivity contribution >= 4 is 11.6 Å². The maximum absolute atomic E-state index is 11.6. The number of nitriles is 1. The van der Waals surface area contributed by atoms with Crippen molar-refractivity contribution in [1.29, 1.82) is 5.26 Å². The fraction of sp³-hybridized carbons (Fsp3) is 0.364. The van der Waals surface area contributed by atoms with Crippen LogP contribution in [0.3, 0.4) is 0 Å². The third-order valence-corrected chi connectivity index (χ3v) is 4.88. The molecular weight excluding hydrogens is 336 g/mol. The number of rotatable bonds is 8. The molecule has 5 heteroatoms. The van der Waals surface area contributed by atoms with E-state index in [0.29, 0.717) is 19.5 Å². The molecule has 1 heterocycles. The van der Waals surface area contributed by atoms with E-state index in [2.05, 4.69) is 70.1 Å². The highest BCUT2D eigenvalue weighted by atomic mass is 16.2. The van der Waals surface area contributed by atoms with Gasteiger partial charge in [0, 0.05) is 37.8 Å². The summed E-state index contributed by atoms with van der Waals surface area (Å²) in [6.45, 7) is 2.74. The van der Waals surface area contributed by atoms with Gasteiger partial charge in [-0.15, -0.1) is 0 Å². The summed E-state index contributed by atoms with van der Waals surface area (Å²) < 4.78 is 0. The van der Waals surface area contributed by atoms with Gasteiger partial charge in [-0.2, -0.15) is 5.26 Å². The number of unbranched alkanes of at least 4 members (excludes halogenated alkanes) is 1. The second-order valence-corrected chi connectivity index (χ2v) is 6.83. The zero-order valence-corrected chi connectivity index (χ0v) is 15.5. The SMILES string of the molecule is N#CCCCC(NCc1ccc(N2CCNC(=O)C2)cc1)c1ccccc1. The van der Waals surface area contributed by atoms with Gasteiger partial charge in [0.25, 0.3) is 0 Å². The van der Waals surface area contributed by atoms with Crippen LogP contribution in [0.2, 0.25) is 0 Å². The highest BCUT2D eigenvalue weighted by Crippen LogP contribution is 2.21. The van der Waals surface area contributed by atoms with Gasteiger partial charge in [0.1, 0.15) is 0 Å². The van der Waals surface area contributed by atoms with Crippen LogP contribution in [0.15, 0.2) is 54.6 Å². The van der Waals surface area contributed by atoms with Gasteiger partial charge in [0.15, 0.2) is 0 Å². The molecule has 2 N–H and O–H groups in total. The molecule has 5 nitrogen and oxygen atoms in total. The monoisotopic (exact) mass is 362 g/mol. The van der Waals surface area contributed by atoms with Crippen molar-refractivity contribution in [2.45, 2.75) is 31.8 Å². The van der Waals surface area contributed by atoms with Crippen LogP contribution in [0.5, 0.6) is 0 Å². The number of carbonyl (C=O) groups excluding carboxylic acids is 1. The average molecular weight is 362 g/mol. The molecule has 27 heavy (non-hydrogen) atoms. The van der Waals surface area contributed by atoms with E-state index in [-0.39, 0.29) is 11.9 Å². The molecule has 1 aliphatic rings. The first kappa shape index (κ1) is 18.9. The molecule has 0 aliphatic carbocycles. The van der Waals surface area contributed by atoms with Crippen molar-refractivity contribution in [2.24, 2.45) is 0 Å². The summed E-state index contributed by atoms with van der Waals surface area (Å²) in [5, 5.41) is 15.3. The van der Waals surface area contributed by atoms with E-state index in [1.807, 2.05) is 6.07 Å². The summed E-state index contributed by atoms with van der Waals surface area (Å²) in [4.78, 5) is 13.7. The van der Waals surface area contributed by atoms with Gasteiger partial charge >= 0.3 is 0 Å². The Morgan fingerprint density at radius 1 is 1.15 bits per heavy atom. The van der Waals surface area contributed by atoms with Crippen LogP contribution >= 0.6 is 0 Å². The second kappa shape index (κ2) is 9.75. The lowest BCUT2D eigenvalue weighted by Gasteiger charge is -2.28. The van der Waals surface area contributed by atoms with Crippen molar-refractivity contribution in [2.75, 3.05) is 24.5 Å². The van der Waals surface area contributed by atoms with Crippen molar-refractivity contribution in [3.63, 3.8) is 0 Å². The molecule has 1 saturated heterocycles. The zero-order chi connectivity index (χ0) is 18.9. The Hall–Kier alpha value is -2.84. The fourth-order valence-corrected chi connectivity index (χ4v) is 3.38. The fourth-order valence-electron chi connectivity index (χ4n) is 3.38. The molecule has 2 aromatic carbocycles. The van der Waals surface area contributed by atoms with E-state index in [4.69, 9.17) is 5.26 Å². The van der Waals surface area contributed by atoms with E-state index in [9.17, 15) is 4.79 Å². The van der Waals surface area contributed by atoms with E-state index >= 15 is 0 Å². The number of hydrogen-bond donors (Lipinski definition) is 2. The van der Waals surface area contributed by atoms with Crippen LogP contribution < -0.4 is 15.5 Å². The third-order valence-electron chi connectivity index (χ3n) is 4.88. The first-order chi connectivity index (χ1) is 13.3. The van der Waals surface area contributed by atoms with E-state index < -0.39 is 0 Å². The average Bonchev–Trinajstić information content (AvgIpc) is 2.72. The lowest BCUT2D eigenvalue weighted by molar-refractivity contribution is -0.120. The first-order valence-corrected chi connectivity index (χ1v) is 9.52. The van der Waals surface area contributed by atoms with Crippen LogP contribution in [0.25, 0.3) is 0 Å². The Balaban J connectivity index is 1.59. The number of benzene rings is 2. The Morgan fingerprint density at radius 2 is 1.93 bits per heavy atom. The Kier molecular flexibility index (Phi) is 6.84. The predicted octanol–water partition coefficient (Wildman–Crippen LogP) is 3.15. The summed E-state index contributed by atoms with van der Waals surface area (Å²) in [6, 6.07) is 21.3. The van der Waals surface area contributed by atoms with Crippen LogP contribution in [0, 0.1) is 11.3 Å². The van der Waals surface area contributed by atoms with Gasteiger partial charge in [0.2, 0.25) is 5.91 Å². The number of piperazine rings is 1. The van der Waals surface area contributed by atoms with Gasteiger partial charge in [0.05, 0.1) is 12.6 Å². The maximum atomic E-state index is 11.6. The minimum atomic E-state index is 0.0788. The Bertz CT molecular complexity index is 767. The summed E-state index contributed by atoms with van der Waals surface area (Å²) in [5.74, 6) is 0.0788. The van der Waals surface area contributed by atoms with Gasteiger partial charge in [-0.1, -0.05) is 42.5 Å². The van der Waals surface area contributed by atoms with Crippen LogP contribution in [0.4, 0.5) is 5.69 Å². The second-order valence-electron chi connectivity index (χ2n) is 6.83. The summed E-state index contributed by atoms with van der Waals surface area (Å²) >= 11 is 0. The number of amides is 1. The number of carbonyl (C=O) groups is 1. The first-order valence-electron chi connectivity index (χ1n) is 9.52. The van der Waals surface area contributed by atoms with Gasteiger partial charge in [-0.25, -0.2) is 0 Å². The zero-order valence-electron chi connectivity index (χ0n) is 15.5. The number of nitrogens with zero attached hydrogens (tertiary/aromatic N) is 2. The van der Waals surface area contributed by atoms with Crippen LogP contribution in [-0.2, 0) is 11.3 Å². The van der Waals surface area contributed by atoms with Crippen molar-refractivity contribution in [3.05, 3.63) is 65.7 Å². The molecule has 3 rings (SSSR count). The molecule has 0 saturated carbocycles. The highest BCUT2D eigenvalue weighted by molar-refractivity contribution is 5.82. The van der Waals surface area contributed by atoms with E-state index in [1.54, 1.807) is 0 Å². The molecule has 2 aromatic rings. The molecule has 1 amide bonds. The summed E-state index contributed by atoms with van der Waals surface area (Å²) in [7, 11) is 0. The Morgan fingerprint density at radius 3 is 2.63 bits per heavy atom. The number of hydrogen-bond acceptors (Lipinski definition) is 4. The summed E-state index contributed by atoms with van der Waals surface area (Å²) in [6.07, 6.45) is 2.42. The largest absolute Gasteiger partial charge is 0.360 e. The Labute approximate surface area is 161 Å². The minimum absolute atomic E-state index is 0.0788. The lowest BCUT2D eigenvalue weighted by atomic mass is 10.0. The molecule has 1 fully saturated rings. The van der Waals surface area contributed by atoms with E-state index in [0.717, 1.165) is 31.6 Å². The van der Waals surface area contributed by atoms with Crippen molar-refractivity contribution in [1.82, 2.24) is 10.6 Å². The molecule has 140 valence electrons. The van der Waals surface area contributed by atoms with Gasteiger partial charge in [-0.3, -0.25) is 4.79 Å². The number of nitrogens with one attached hydrogen (secondary N) is 2. The smallest absolute Gasteiger partial charge is 0.239 e. The predicted molar refractivity (Wildman–Crippen MR) is 107 cm³/mol. The van der Waals surface area contributed by atoms with Crippen molar-refractivity contribution < 1.29 is 4.79 Å². The van der Waals surface area contributed by atoms with Crippen LogP contribution in [-0.4, -0.2) is 25.5 Å². The minimum Gasteiger partial charge on any atom is -0.360 e. The molecule has 1 unspecified atom stereocenters. The molecule has 1 aliphatic heterocycles. The standard InChI is InChI=1S/C22H26N4O/c23-13-5-4-8-21(19-6-2-1-3-7-19)25-16-18-9-11-20(12-10-18)26-15-14-24-22(27)17-26/h1-3,6-7,9-12,21,25H,4-5,8,14-17H2,(H,24,27).